The van der Waals surface area contributed by atoms with E-state index in [1.54, 1.807) is 0 Å². The van der Waals surface area contributed by atoms with Gasteiger partial charge in [0, 0.05) is 25.4 Å². The van der Waals surface area contributed by atoms with Crippen LogP contribution >= 0.6 is 0 Å². The molecule has 0 heterocycles. The van der Waals surface area contributed by atoms with Crippen LogP contribution in [0.5, 0.6) is 0 Å². The lowest BCUT2D eigenvalue weighted by Gasteiger charge is -2.08. The smallest absolute Gasteiger partial charge is 0.0482 e. The van der Waals surface area contributed by atoms with Crippen LogP contribution in [0.4, 0.5) is 5.69 Å². The Morgan fingerprint density at radius 3 is 2.20 bits per heavy atom. The molecule has 3 rings (SSSR count). The molecule has 30 heavy (non-hydrogen) atoms. The summed E-state index contributed by atoms with van der Waals surface area (Å²) in [7, 11) is 0. The zero-order valence-electron chi connectivity index (χ0n) is 18.0. The topological polar surface area (TPSA) is 21.3 Å². The molecular weight excluding hydrogens is 366 g/mol. The van der Waals surface area contributed by atoms with Crippen LogP contribution in [0.15, 0.2) is 91.0 Å². The fourth-order valence-corrected chi connectivity index (χ4v) is 3.48. The van der Waals surface area contributed by atoms with Gasteiger partial charge in [-0.25, -0.2) is 0 Å². The highest BCUT2D eigenvalue weighted by Gasteiger charge is 2.01. The van der Waals surface area contributed by atoms with E-state index in [1.165, 1.54) is 27.9 Å². The van der Waals surface area contributed by atoms with Gasteiger partial charge in [0.2, 0.25) is 0 Å². The molecule has 2 heteroatoms. The lowest BCUT2D eigenvalue weighted by atomic mass is 9.97. The van der Waals surface area contributed by atoms with Gasteiger partial charge in [0.25, 0.3) is 0 Å². The first-order valence-corrected chi connectivity index (χ1v) is 11.0. The number of ether oxygens (including phenoxy) is 1. The molecule has 3 aromatic rings. The summed E-state index contributed by atoms with van der Waals surface area (Å²) in [5.41, 5.74) is 6.69. The fraction of sp³-hybridized carbons (Fsp3) is 0.286. The van der Waals surface area contributed by atoms with Crippen LogP contribution in [0, 0.1) is 0 Å². The number of benzene rings is 3. The standard InChI is InChI=1S/C28H33NO/c1-2-30-22-10-21-29-28-19-17-24(18-20-28)11-6-7-14-26-15-8-9-16-27(26)23-25-12-4-3-5-13-25/h3-9,12-13,15-20,29H,2,10-11,14,21-23H2,1H3. The van der Waals surface area contributed by atoms with Crippen molar-refractivity contribution in [1.82, 2.24) is 0 Å². The Kier molecular flexibility index (Phi) is 9.23. The monoisotopic (exact) mass is 399 g/mol. The van der Waals surface area contributed by atoms with Crippen LogP contribution in [-0.4, -0.2) is 19.8 Å². The van der Waals surface area contributed by atoms with E-state index in [4.69, 9.17) is 4.74 Å². The van der Waals surface area contributed by atoms with Crippen molar-refractivity contribution in [1.29, 1.82) is 0 Å². The molecule has 2 nitrogen and oxygen atoms in total. The Hall–Kier alpha value is -2.84. The van der Waals surface area contributed by atoms with Gasteiger partial charge in [-0.05, 0) is 67.0 Å². The Morgan fingerprint density at radius 1 is 0.733 bits per heavy atom. The third-order valence-corrected chi connectivity index (χ3v) is 5.17. The molecule has 0 atom stereocenters. The molecule has 0 radical (unpaired) electrons. The first kappa shape index (κ1) is 21.9. The average Bonchev–Trinajstić information content (AvgIpc) is 2.79. The number of allylic oxidation sites excluding steroid dienone is 2. The van der Waals surface area contributed by atoms with Gasteiger partial charge in [-0.3, -0.25) is 0 Å². The Labute approximate surface area is 181 Å². The number of anilines is 1. The van der Waals surface area contributed by atoms with E-state index < -0.39 is 0 Å². The molecule has 0 aliphatic carbocycles. The molecule has 0 aliphatic heterocycles. The summed E-state index contributed by atoms with van der Waals surface area (Å²) in [4.78, 5) is 0. The van der Waals surface area contributed by atoms with Gasteiger partial charge in [-0.1, -0.05) is 78.9 Å². The van der Waals surface area contributed by atoms with Crippen LogP contribution in [0.25, 0.3) is 0 Å². The summed E-state index contributed by atoms with van der Waals surface area (Å²) in [6.45, 7) is 4.59. The largest absolute Gasteiger partial charge is 0.385 e. The van der Waals surface area contributed by atoms with Crippen molar-refractivity contribution in [3.63, 3.8) is 0 Å². The molecule has 0 spiro atoms. The summed E-state index contributed by atoms with van der Waals surface area (Å²) in [6, 6.07) is 28.2. The number of nitrogens with one attached hydrogen (secondary N) is 1. The van der Waals surface area contributed by atoms with Gasteiger partial charge in [-0.15, -0.1) is 0 Å². The van der Waals surface area contributed by atoms with Crippen molar-refractivity contribution in [2.45, 2.75) is 32.6 Å². The lowest BCUT2D eigenvalue weighted by molar-refractivity contribution is 0.147. The van der Waals surface area contributed by atoms with Gasteiger partial charge in [0.05, 0.1) is 0 Å². The maximum Gasteiger partial charge on any atom is 0.0482 e. The third-order valence-electron chi connectivity index (χ3n) is 5.17. The highest BCUT2D eigenvalue weighted by atomic mass is 16.5. The summed E-state index contributed by atoms with van der Waals surface area (Å²) < 4.78 is 5.37. The third kappa shape index (κ3) is 7.53. The van der Waals surface area contributed by atoms with Gasteiger partial charge in [0.15, 0.2) is 0 Å². The molecule has 0 saturated carbocycles. The SMILES string of the molecule is CCOCCCNc1ccc(CC=CCc2ccccc2Cc2ccccc2)cc1. The van der Waals surface area contributed by atoms with Crippen molar-refractivity contribution < 1.29 is 4.74 Å². The maximum absolute atomic E-state index is 5.37. The minimum Gasteiger partial charge on any atom is -0.385 e. The Balaban J connectivity index is 1.46. The van der Waals surface area contributed by atoms with Crippen LogP contribution < -0.4 is 5.32 Å². The lowest BCUT2D eigenvalue weighted by Crippen LogP contribution is -2.05. The molecule has 0 unspecified atom stereocenters. The van der Waals surface area contributed by atoms with E-state index >= 15 is 0 Å². The first-order valence-electron chi connectivity index (χ1n) is 11.0. The molecule has 156 valence electrons. The first-order chi connectivity index (χ1) is 14.8. The van der Waals surface area contributed by atoms with E-state index in [0.29, 0.717) is 0 Å². The van der Waals surface area contributed by atoms with Crippen LogP contribution in [-0.2, 0) is 24.0 Å². The molecule has 0 saturated heterocycles. The van der Waals surface area contributed by atoms with Crippen molar-refractivity contribution in [3.05, 3.63) is 113 Å². The zero-order valence-corrected chi connectivity index (χ0v) is 18.0. The second-order valence-electron chi connectivity index (χ2n) is 7.48. The average molecular weight is 400 g/mol. The summed E-state index contributed by atoms with van der Waals surface area (Å²) in [5.74, 6) is 0. The van der Waals surface area contributed by atoms with Gasteiger partial charge in [-0.2, -0.15) is 0 Å². The minimum absolute atomic E-state index is 0.792. The summed E-state index contributed by atoms with van der Waals surface area (Å²) in [5, 5.41) is 3.45. The van der Waals surface area contributed by atoms with Crippen molar-refractivity contribution >= 4 is 5.69 Å². The van der Waals surface area contributed by atoms with Gasteiger partial charge >= 0.3 is 0 Å². The van der Waals surface area contributed by atoms with Crippen molar-refractivity contribution in [2.75, 3.05) is 25.1 Å². The number of hydrogen-bond acceptors (Lipinski definition) is 2. The Bertz CT molecular complexity index is 884. The van der Waals surface area contributed by atoms with Crippen LogP contribution in [0.1, 0.15) is 35.6 Å². The summed E-state index contributed by atoms with van der Waals surface area (Å²) >= 11 is 0. The highest BCUT2D eigenvalue weighted by molar-refractivity contribution is 5.44. The number of hydrogen-bond donors (Lipinski definition) is 1. The molecule has 0 bridgehead atoms. The molecule has 0 amide bonds. The van der Waals surface area contributed by atoms with Crippen LogP contribution in [0.2, 0.25) is 0 Å². The highest BCUT2D eigenvalue weighted by Crippen LogP contribution is 2.16. The number of rotatable bonds is 12. The second kappa shape index (κ2) is 12.7. The summed E-state index contributed by atoms with van der Waals surface area (Å²) in [6.07, 6.45) is 8.54. The quantitative estimate of drug-likeness (QED) is 0.279. The second-order valence-corrected chi connectivity index (χ2v) is 7.48. The van der Waals surface area contributed by atoms with Gasteiger partial charge in [0.1, 0.15) is 0 Å². The molecular formula is C28H33NO. The van der Waals surface area contributed by atoms with E-state index in [1.807, 2.05) is 6.92 Å². The van der Waals surface area contributed by atoms with E-state index in [-0.39, 0.29) is 0 Å². The van der Waals surface area contributed by atoms with Crippen LogP contribution in [0.3, 0.4) is 0 Å². The van der Waals surface area contributed by atoms with E-state index in [0.717, 1.165) is 45.4 Å². The molecule has 1 N–H and O–H groups in total. The van der Waals surface area contributed by atoms with E-state index in [2.05, 4.69) is 96.3 Å². The minimum atomic E-state index is 0.792. The fourth-order valence-electron chi connectivity index (χ4n) is 3.48. The maximum atomic E-state index is 5.37. The zero-order chi connectivity index (χ0) is 20.9. The molecule has 0 aromatic heterocycles. The van der Waals surface area contributed by atoms with Gasteiger partial charge < -0.3 is 10.1 Å². The molecule has 0 fully saturated rings. The molecule has 3 aromatic carbocycles. The van der Waals surface area contributed by atoms with Crippen molar-refractivity contribution in [2.24, 2.45) is 0 Å². The predicted octanol–water partition coefficient (Wildman–Crippen LogP) is 6.46. The molecule has 0 aliphatic rings. The van der Waals surface area contributed by atoms with Crippen molar-refractivity contribution in [3.8, 4) is 0 Å². The normalized spacial score (nSPS) is 11.1. The van der Waals surface area contributed by atoms with E-state index in [9.17, 15) is 0 Å². The Morgan fingerprint density at radius 2 is 1.43 bits per heavy atom. The predicted molar refractivity (Wildman–Crippen MR) is 128 cm³/mol.